The van der Waals surface area contributed by atoms with Crippen molar-refractivity contribution >= 4 is 33.8 Å². The highest BCUT2D eigenvalue weighted by molar-refractivity contribution is 7.89. The summed E-state index contributed by atoms with van der Waals surface area (Å²) < 4.78 is 22.7. The molecule has 1 aliphatic carbocycles. The zero-order valence-electron chi connectivity index (χ0n) is 12.7. The lowest BCUT2D eigenvalue weighted by atomic mass is 9.82. The van der Waals surface area contributed by atoms with Crippen LogP contribution in [0.4, 0.5) is 5.69 Å². The Morgan fingerprint density at radius 2 is 1.91 bits per heavy atom. The monoisotopic (exact) mass is 346 g/mol. The van der Waals surface area contributed by atoms with Crippen LogP contribution in [0, 0.1) is 0 Å². The standard InChI is InChI=1S/C15H22N2O3S.ClH/c1-21(19,20)11-12-6-5-7-13(10-12)17-14(18)15(16)8-3-2-4-9-15;/h5-7,10H,2-4,8-9,11,16H2,1H3,(H,17,18);1H. The molecule has 5 nitrogen and oxygen atoms in total. The summed E-state index contributed by atoms with van der Waals surface area (Å²) in [7, 11) is -3.09. The Labute approximate surface area is 138 Å². The fourth-order valence-electron chi connectivity index (χ4n) is 2.71. The van der Waals surface area contributed by atoms with Crippen molar-refractivity contribution in [2.75, 3.05) is 11.6 Å². The molecule has 0 bridgehead atoms. The van der Waals surface area contributed by atoms with Crippen LogP contribution in [-0.4, -0.2) is 26.1 Å². The Morgan fingerprint density at radius 3 is 2.50 bits per heavy atom. The van der Waals surface area contributed by atoms with Crippen molar-refractivity contribution in [1.29, 1.82) is 0 Å². The fourth-order valence-corrected chi connectivity index (χ4v) is 3.49. The summed E-state index contributed by atoms with van der Waals surface area (Å²) in [6.45, 7) is 0. The number of nitrogens with one attached hydrogen (secondary N) is 1. The molecular weight excluding hydrogens is 324 g/mol. The van der Waals surface area contributed by atoms with E-state index >= 15 is 0 Å². The van der Waals surface area contributed by atoms with Crippen LogP contribution in [0.15, 0.2) is 24.3 Å². The number of sulfone groups is 1. The number of rotatable bonds is 4. The van der Waals surface area contributed by atoms with Gasteiger partial charge in [-0.05, 0) is 30.5 Å². The van der Waals surface area contributed by atoms with Crippen LogP contribution in [0.1, 0.15) is 37.7 Å². The topological polar surface area (TPSA) is 89.3 Å². The first-order valence-corrected chi connectivity index (χ1v) is 9.22. The van der Waals surface area contributed by atoms with E-state index < -0.39 is 15.4 Å². The maximum absolute atomic E-state index is 12.3. The molecule has 7 heteroatoms. The molecule has 0 heterocycles. The maximum Gasteiger partial charge on any atom is 0.244 e. The number of hydrogen-bond donors (Lipinski definition) is 2. The molecule has 3 N–H and O–H groups in total. The van der Waals surface area contributed by atoms with Crippen LogP contribution >= 0.6 is 12.4 Å². The molecule has 1 aromatic carbocycles. The molecule has 1 aliphatic rings. The minimum atomic E-state index is -3.09. The molecule has 0 atom stereocenters. The third kappa shape index (κ3) is 5.26. The predicted octanol–water partition coefficient (Wildman–Crippen LogP) is 2.25. The molecule has 1 saturated carbocycles. The zero-order chi connectivity index (χ0) is 15.5. The summed E-state index contributed by atoms with van der Waals surface area (Å²) in [5.74, 6) is -0.219. The second-order valence-corrected chi connectivity index (χ2v) is 8.08. The number of nitrogens with two attached hydrogens (primary N) is 1. The van der Waals surface area contributed by atoms with Gasteiger partial charge in [0.2, 0.25) is 5.91 Å². The van der Waals surface area contributed by atoms with Crippen molar-refractivity contribution in [3.05, 3.63) is 29.8 Å². The van der Waals surface area contributed by atoms with E-state index in [1.54, 1.807) is 24.3 Å². The van der Waals surface area contributed by atoms with E-state index in [0.29, 0.717) is 24.1 Å². The number of halogens is 1. The molecule has 1 amide bonds. The number of amides is 1. The molecule has 0 aromatic heterocycles. The SMILES string of the molecule is CS(=O)(=O)Cc1cccc(NC(=O)C2(N)CCCCC2)c1.Cl. The Bertz CT molecular complexity index is 625. The van der Waals surface area contributed by atoms with Gasteiger partial charge in [-0.2, -0.15) is 0 Å². The van der Waals surface area contributed by atoms with Crippen LogP contribution in [-0.2, 0) is 20.4 Å². The highest BCUT2D eigenvalue weighted by Crippen LogP contribution is 2.27. The van der Waals surface area contributed by atoms with E-state index in [1.807, 2.05) is 0 Å². The normalized spacial score (nSPS) is 17.4. The number of benzene rings is 1. The smallest absolute Gasteiger partial charge is 0.244 e. The van der Waals surface area contributed by atoms with Crippen molar-refractivity contribution in [1.82, 2.24) is 0 Å². The molecule has 0 unspecified atom stereocenters. The summed E-state index contributed by atoms with van der Waals surface area (Å²) in [5, 5.41) is 2.82. The Kier molecular flexibility index (Phi) is 6.40. The molecule has 0 radical (unpaired) electrons. The van der Waals surface area contributed by atoms with Gasteiger partial charge in [-0.25, -0.2) is 8.42 Å². The summed E-state index contributed by atoms with van der Waals surface area (Å²) in [5.41, 5.74) is 6.63. The number of carbonyl (C=O) groups is 1. The minimum Gasteiger partial charge on any atom is -0.324 e. The molecule has 1 fully saturated rings. The first-order valence-electron chi connectivity index (χ1n) is 7.16. The second-order valence-electron chi connectivity index (χ2n) is 5.94. The lowest BCUT2D eigenvalue weighted by Crippen LogP contribution is -2.52. The predicted molar refractivity (Wildman–Crippen MR) is 90.9 cm³/mol. The molecule has 2 rings (SSSR count). The molecular formula is C15H23ClN2O3S. The number of hydrogen-bond acceptors (Lipinski definition) is 4. The minimum absolute atomic E-state index is 0. The van der Waals surface area contributed by atoms with Crippen LogP contribution in [0.3, 0.4) is 0 Å². The van der Waals surface area contributed by atoms with Crippen LogP contribution in [0.5, 0.6) is 0 Å². The van der Waals surface area contributed by atoms with Crippen molar-refractivity contribution < 1.29 is 13.2 Å². The van der Waals surface area contributed by atoms with Crippen molar-refractivity contribution in [3.63, 3.8) is 0 Å². The molecule has 22 heavy (non-hydrogen) atoms. The fraction of sp³-hybridized carbons (Fsp3) is 0.533. The van der Waals surface area contributed by atoms with Gasteiger partial charge in [0.1, 0.15) is 0 Å². The molecule has 0 spiro atoms. The lowest BCUT2D eigenvalue weighted by molar-refractivity contribution is -0.122. The van der Waals surface area contributed by atoms with Gasteiger partial charge in [0, 0.05) is 11.9 Å². The van der Waals surface area contributed by atoms with E-state index in [1.165, 1.54) is 6.26 Å². The van der Waals surface area contributed by atoms with Gasteiger partial charge in [0.05, 0.1) is 11.3 Å². The third-order valence-electron chi connectivity index (χ3n) is 3.81. The maximum atomic E-state index is 12.3. The van der Waals surface area contributed by atoms with Gasteiger partial charge in [-0.1, -0.05) is 31.4 Å². The van der Waals surface area contributed by atoms with E-state index in [2.05, 4.69) is 5.32 Å². The molecule has 0 saturated heterocycles. The van der Waals surface area contributed by atoms with Crippen LogP contribution < -0.4 is 11.1 Å². The number of carbonyl (C=O) groups excluding carboxylic acids is 1. The summed E-state index contributed by atoms with van der Waals surface area (Å²) >= 11 is 0. The molecule has 1 aromatic rings. The Morgan fingerprint density at radius 1 is 1.27 bits per heavy atom. The van der Waals surface area contributed by atoms with E-state index in [-0.39, 0.29) is 24.1 Å². The zero-order valence-corrected chi connectivity index (χ0v) is 14.3. The van der Waals surface area contributed by atoms with Gasteiger partial charge in [0.25, 0.3) is 0 Å². The van der Waals surface area contributed by atoms with E-state index in [9.17, 15) is 13.2 Å². The first-order chi connectivity index (χ1) is 9.78. The van der Waals surface area contributed by atoms with Gasteiger partial charge in [-0.15, -0.1) is 12.4 Å². The van der Waals surface area contributed by atoms with Crippen LogP contribution in [0.2, 0.25) is 0 Å². The highest BCUT2D eigenvalue weighted by atomic mass is 35.5. The largest absolute Gasteiger partial charge is 0.324 e. The highest BCUT2D eigenvalue weighted by Gasteiger charge is 2.35. The van der Waals surface area contributed by atoms with Crippen molar-refractivity contribution in [3.8, 4) is 0 Å². The summed E-state index contributed by atoms with van der Waals surface area (Å²) in [6, 6.07) is 6.90. The third-order valence-corrected chi connectivity index (χ3v) is 4.67. The molecule has 0 aliphatic heterocycles. The quantitative estimate of drug-likeness (QED) is 0.875. The second kappa shape index (κ2) is 7.44. The van der Waals surface area contributed by atoms with E-state index in [4.69, 9.17) is 5.73 Å². The molecule has 124 valence electrons. The lowest BCUT2D eigenvalue weighted by Gasteiger charge is -2.31. The van der Waals surface area contributed by atoms with E-state index in [0.717, 1.165) is 19.3 Å². The van der Waals surface area contributed by atoms with Gasteiger partial charge in [0.15, 0.2) is 9.84 Å². The summed E-state index contributed by atoms with van der Waals surface area (Å²) in [4.78, 5) is 12.3. The van der Waals surface area contributed by atoms with Crippen molar-refractivity contribution in [2.45, 2.75) is 43.4 Å². The van der Waals surface area contributed by atoms with Crippen molar-refractivity contribution in [2.24, 2.45) is 5.73 Å². The average molecular weight is 347 g/mol. The Balaban J connectivity index is 0.00000242. The number of anilines is 1. The first kappa shape index (κ1) is 18.9. The van der Waals surface area contributed by atoms with Crippen LogP contribution in [0.25, 0.3) is 0 Å². The summed E-state index contributed by atoms with van der Waals surface area (Å²) in [6.07, 6.45) is 5.64. The van der Waals surface area contributed by atoms with Gasteiger partial charge in [-0.3, -0.25) is 4.79 Å². The van der Waals surface area contributed by atoms with Gasteiger partial charge >= 0.3 is 0 Å². The Hall–Kier alpha value is -1.11. The van der Waals surface area contributed by atoms with Gasteiger partial charge < -0.3 is 11.1 Å². The average Bonchev–Trinajstić information content (AvgIpc) is 2.38.